The minimum absolute atomic E-state index is 0.185. The molecular formula is C16H18ClNO. The SMILES string of the molecule is CC(C)Oc1ccc(-c2ccc(Cl)c(CN)c2)cc1. The van der Waals surface area contributed by atoms with Crippen LogP contribution in [0.25, 0.3) is 11.1 Å². The minimum atomic E-state index is 0.185. The molecule has 19 heavy (non-hydrogen) atoms. The highest BCUT2D eigenvalue weighted by atomic mass is 35.5. The first-order valence-corrected chi connectivity index (χ1v) is 6.73. The van der Waals surface area contributed by atoms with Crippen molar-refractivity contribution >= 4 is 11.6 Å². The van der Waals surface area contributed by atoms with Crippen LogP contribution in [0.15, 0.2) is 42.5 Å². The fourth-order valence-corrected chi connectivity index (χ4v) is 2.10. The molecule has 2 aromatic rings. The van der Waals surface area contributed by atoms with Crippen LogP contribution in [0, 0.1) is 0 Å². The Morgan fingerprint density at radius 3 is 2.26 bits per heavy atom. The Morgan fingerprint density at radius 1 is 1.05 bits per heavy atom. The number of benzene rings is 2. The van der Waals surface area contributed by atoms with Crippen molar-refractivity contribution in [1.82, 2.24) is 0 Å². The summed E-state index contributed by atoms with van der Waals surface area (Å²) in [5, 5.41) is 0.714. The third kappa shape index (κ3) is 3.49. The molecule has 0 heterocycles. The molecule has 2 aromatic carbocycles. The van der Waals surface area contributed by atoms with E-state index in [4.69, 9.17) is 22.1 Å². The molecule has 0 saturated heterocycles. The summed E-state index contributed by atoms with van der Waals surface area (Å²) in [4.78, 5) is 0. The fourth-order valence-electron chi connectivity index (χ4n) is 1.91. The molecule has 0 aliphatic heterocycles. The van der Waals surface area contributed by atoms with E-state index in [1.54, 1.807) is 0 Å². The zero-order valence-electron chi connectivity index (χ0n) is 11.2. The second kappa shape index (κ2) is 6.09. The van der Waals surface area contributed by atoms with Crippen molar-refractivity contribution in [3.05, 3.63) is 53.1 Å². The molecule has 0 unspecified atom stereocenters. The van der Waals surface area contributed by atoms with E-state index in [1.165, 1.54) is 0 Å². The van der Waals surface area contributed by atoms with E-state index in [-0.39, 0.29) is 6.10 Å². The second-order valence-electron chi connectivity index (χ2n) is 4.70. The third-order valence-corrected chi connectivity index (χ3v) is 3.19. The molecule has 0 aliphatic carbocycles. The smallest absolute Gasteiger partial charge is 0.119 e. The van der Waals surface area contributed by atoms with Gasteiger partial charge < -0.3 is 10.5 Å². The van der Waals surface area contributed by atoms with Crippen molar-refractivity contribution in [2.75, 3.05) is 0 Å². The van der Waals surface area contributed by atoms with Crippen LogP contribution in [0.1, 0.15) is 19.4 Å². The van der Waals surface area contributed by atoms with Crippen LogP contribution in [-0.4, -0.2) is 6.10 Å². The first-order valence-electron chi connectivity index (χ1n) is 6.35. The Balaban J connectivity index is 2.27. The first kappa shape index (κ1) is 13.9. The molecule has 0 amide bonds. The minimum Gasteiger partial charge on any atom is -0.491 e. The zero-order valence-corrected chi connectivity index (χ0v) is 11.9. The van der Waals surface area contributed by atoms with Crippen LogP contribution in [0.2, 0.25) is 5.02 Å². The largest absolute Gasteiger partial charge is 0.491 e. The van der Waals surface area contributed by atoms with Gasteiger partial charge in [0.15, 0.2) is 0 Å². The maximum absolute atomic E-state index is 6.07. The van der Waals surface area contributed by atoms with Gasteiger partial charge in [0.2, 0.25) is 0 Å². The molecule has 0 bridgehead atoms. The van der Waals surface area contributed by atoms with Crippen molar-refractivity contribution < 1.29 is 4.74 Å². The van der Waals surface area contributed by atoms with Gasteiger partial charge in [-0.15, -0.1) is 0 Å². The Hall–Kier alpha value is -1.51. The molecule has 2 N–H and O–H groups in total. The molecule has 0 aromatic heterocycles. The molecule has 0 aliphatic rings. The van der Waals surface area contributed by atoms with Crippen molar-refractivity contribution in [2.24, 2.45) is 5.73 Å². The number of hydrogen-bond acceptors (Lipinski definition) is 2. The van der Waals surface area contributed by atoms with E-state index < -0.39 is 0 Å². The molecule has 0 spiro atoms. The van der Waals surface area contributed by atoms with Crippen LogP contribution in [0.4, 0.5) is 0 Å². The lowest BCUT2D eigenvalue weighted by Gasteiger charge is -2.11. The summed E-state index contributed by atoms with van der Waals surface area (Å²) < 4.78 is 5.63. The van der Waals surface area contributed by atoms with Gasteiger partial charge in [-0.05, 0) is 54.8 Å². The molecule has 0 atom stereocenters. The highest BCUT2D eigenvalue weighted by Gasteiger charge is 2.04. The van der Waals surface area contributed by atoms with E-state index in [1.807, 2.05) is 56.3 Å². The van der Waals surface area contributed by atoms with E-state index in [0.717, 1.165) is 22.4 Å². The highest BCUT2D eigenvalue weighted by Crippen LogP contribution is 2.26. The second-order valence-corrected chi connectivity index (χ2v) is 5.11. The van der Waals surface area contributed by atoms with Gasteiger partial charge in [-0.1, -0.05) is 29.8 Å². The van der Waals surface area contributed by atoms with E-state index >= 15 is 0 Å². The van der Waals surface area contributed by atoms with E-state index in [9.17, 15) is 0 Å². The average molecular weight is 276 g/mol. The zero-order chi connectivity index (χ0) is 13.8. The molecule has 0 saturated carbocycles. The van der Waals surface area contributed by atoms with Crippen LogP contribution in [0.3, 0.4) is 0 Å². The lowest BCUT2D eigenvalue weighted by molar-refractivity contribution is 0.242. The quantitative estimate of drug-likeness (QED) is 0.905. The summed E-state index contributed by atoms with van der Waals surface area (Å²) in [6.45, 7) is 4.47. The molecule has 100 valence electrons. The summed E-state index contributed by atoms with van der Waals surface area (Å²) in [6, 6.07) is 14.0. The fraction of sp³-hybridized carbons (Fsp3) is 0.250. The summed E-state index contributed by atoms with van der Waals surface area (Å²) in [5.74, 6) is 0.881. The van der Waals surface area contributed by atoms with Gasteiger partial charge in [0.1, 0.15) is 5.75 Å². The van der Waals surface area contributed by atoms with Crippen LogP contribution < -0.4 is 10.5 Å². The lowest BCUT2D eigenvalue weighted by Crippen LogP contribution is -2.05. The summed E-state index contributed by atoms with van der Waals surface area (Å²) in [6.07, 6.45) is 0.185. The topological polar surface area (TPSA) is 35.2 Å². The Labute approximate surface area is 119 Å². The van der Waals surface area contributed by atoms with Gasteiger partial charge in [-0.3, -0.25) is 0 Å². The van der Waals surface area contributed by atoms with Crippen LogP contribution >= 0.6 is 11.6 Å². The van der Waals surface area contributed by atoms with Gasteiger partial charge in [0, 0.05) is 11.6 Å². The number of ether oxygens (including phenoxy) is 1. The van der Waals surface area contributed by atoms with E-state index in [2.05, 4.69) is 0 Å². The standard InChI is InChI=1S/C16H18ClNO/c1-11(2)19-15-6-3-12(4-7-15)13-5-8-16(17)14(9-13)10-18/h3-9,11H,10,18H2,1-2H3. The highest BCUT2D eigenvalue weighted by molar-refractivity contribution is 6.31. The van der Waals surface area contributed by atoms with Crippen molar-refractivity contribution in [1.29, 1.82) is 0 Å². The van der Waals surface area contributed by atoms with E-state index in [0.29, 0.717) is 11.6 Å². The summed E-state index contributed by atoms with van der Waals surface area (Å²) in [5.41, 5.74) is 8.87. The summed E-state index contributed by atoms with van der Waals surface area (Å²) >= 11 is 6.07. The molecule has 3 heteroatoms. The Morgan fingerprint density at radius 2 is 1.68 bits per heavy atom. The van der Waals surface area contributed by atoms with Crippen LogP contribution in [-0.2, 0) is 6.54 Å². The summed E-state index contributed by atoms with van der Waals surface area (Å²) in [7, 11) is 0. The first-order chi connectivity index (χ1) is 9.10. The number of rotatable bonds is 4. The van der Waals surface area contributed by atoms with Gasteiger partial charge in [0.25, 0.3) is 0 Å². The molecular weight excluding hydrogens is 258 g/mol. The number of halogens is 1. The normalized spacial score (nSPS) is 10.8. The van der Waals surface area contributed by atoms with Crippen molar-refractivity contribution in [3.8, 4) is 16.9 Å². The van der Waals surface area contributed by atoms with Gasteiger partial charge in [-0.2, -0.15) is 0 Å². The predicted molar refractivity (Wildman–Crippen MR) is 80.5 cm³/mol. The Bertz CT molecular complexity index is 549. The third-order valence-electron chi connectivity index (χ3n) is 2.83. The average Bonchev–Trinajstić information content (AvgIpc) is 2.40. The molecule has 2 nitrogen and oxygen atoms in total. The number of nitrogens with two attached hydrogens (primary N) is 1. The maximum atomic E-state index is 6.07. The number of hydrogen-bond donors (Lipinski definition) is 1. The van der Waals surface area contributed by atoms with Gasteiger partial charge in [0.05, 0.1) is 6.10 Å². The predicted octanol–water partition coefficient (Wildman–Crippen LogP) is 4.25. The van der Waals surface area contributed by atoms with Crippen LogP contribution in [0.5, 0.6) is 5.75 Å². The molecule has 0 radical (unpaired) electrons. The van der Waals surface area contributed by atoms with Gasteiger partial charge in [-0.25, -0.2) is 0 Å². The van der Waals surface area contributed by atoms with Crippen molar-refractivity contribution in [3.63, 3.8) is 0 Å². The van der Waals surface area contributed by atoms with Crippen molar-refractivity contribution in [2.45, 2.75) is 26.5 Å². The molecule has 0 fully saturated rings. The monoisotopic (exact) mass is 275 g/mol. The maximum Gasteiger partial charge on any atom is 0.119 e. The van der Waals surface area contributed by atoms with Gasteiger partial charge >= 0.3 is 0 Å². The Kier molecular flexibility index (Phi) is 4.46. The molecule has 2 rings (SSSR count). The lowest BCUT2D eigenvalue weighted by atomic mass is 10.0.